The van der Waals surface area contributed by atoms with Gasteiger partial charge in [0, 0.05) is 23.3 Å². The number of halogens is 1. The quantitative estimate of drug-likeness (QED) is 0.694. The molecule has 17 heavy (non-hydrogen) atoms. The van der Waals surface area contributed by atoms with E-state index in [1.54, 1.807) is 30.0 Å². The molecule has 3 aromatic rings. The van der Waals surface area contributed by atoms with E-state index < -0.39 is 0 Å². The molecule has 5 heteroatoms. The fraction of sp³-hybridized carbons (Fsp3) is 0. The van der Waals surface area contributed by atoms with Crippen LogP contribution >= 0.6 is 11.3 Å². The van der Waals surface area contributed by atoms with Crippen molar-refractivity contribution in [3.63, 3.8) is 0 Å². The van der Waals surface area contributed by atoms with Crippen LogP contribution in [0.4, 0.5) is 4.39 Å². The van der Waals surface area contributed by atoms with Gasteiger partial charge in [0.05, 0.1) is 11.2 Å². The van der Waals surface area contributed by atoms with Gasteiger partial charge in [-0.1, -0.05) is 6.07 Å². The average Bonchev–Trinajstić information content (AvgIpc) is 3.02. The molecule has 2 heterocycles. The molecule has 84 valence electrons. The molecule has 2 aromatic heterocycles. The monoisotopic (exact) mass is 245 g/mol. The Morgan fingerprint density at radius 2 is 2.24 bits per heavy atom. The third-order valence-electron chi connectivity index (χ3n) is 2.43. The van der Waals surface area contributed by atoms with Gasteiger partial charge in [0.25, 0.3) is 0 Å². The van der Waals surface area contributed by atoms with Crippen LogP contribution in [0.2, 0.25) is 0 Å². The van der Waals surface area contributed by atoms with Gasteiger partial charge in [-0.2, -0.15) is 5.10 Å². The lowest BCUT2D eigenvalue weighted by molar-refractivity contribution is 0.611. The fourth-order valence-corrected chi connectivity index (χ4v) is 2.18. The Balaban J connectivity index is 2.06. The van der Waals surface area contributed by atoms with Crippen LogP contribution < -0.4 is 0 Å². The Hall–Kier alpha value is -2.01. The van der Waals surface area contributed by atoms with Crippen LogP contribution in [0.3, 0.4) is 0 Å². The van der Waals surface area contributed by atoms with Crippen molar-refractivity contribution in [3.05, 3.63) is 53.4 Å². The maximum absolute atomic E-state index is 13.9. The molecule has 3 nitrogen and oxygen atoms in total. The second-order valence-corrected chi connectivity index (χ2v) is 4.21. The summed E-state index contributed by atoms with van der Waals surface area (Å²) in [5.41, 5.74) is 3.74. The van der Waals surface area contributed by atoms with E-state index in [-0.39, 0.29) is 5.82 Å². The summed E-state index contributed by atoms with van der Waals surface area (Å²) in [5, 5.41) is 5.89. The van der Waals surface area contributed by atoms with Crippen LogP contribution in [0.15, 0.2) is 47.5 Å². The first kappa shape index (κ1) is 10.2. The molecule has 0 aliphatic heterocycles. The highest BCUT2D eigenvalue weighted by atomic mass is 32.1. The van der Waals surface area contributed by atoms with Gasteiger partial charge < -0.3 is 0 Å². The van der Waals surface area contributed by atoms with Gasteiger partial charge >= 0.3 is 0 Å². The lowest BCUT2D eigenvalue weighted by atomic mass is 10.1. The normalized spacial score (nSPS) is 10.6. The topological polar surface area (TPSA) is 30.7 Å². The van der Waals surface area contributed by atoms with Crippen molar-refractivity contribution < 1.29 is 4.39 Å². The van der Waals surface area contributed by atoms with Gasteiger partial charge in [-0.25, -0.2) is 14.1 Å². The van der Waals surface area contributed by atoms with E-state index in [2.05, 4.69) is 10.1 Å². The number of thiazole rings is 1. The SMILES string of the molecule is Fc1cc(-c2cscn2)ccc1-n1cccn1. The zero-order valence-electron chi connectivity index (χ0n) is 8.75. The molecule has 0 aliphatic carbocycles. The molecule has 0 spiro atoms. The van der Waals surface area contributed by atoms with Crippen LogP contribution in [-0.2, 0) is 0 Å². The minimum absolute atomic E-state index is 0.306. The molecule has 0 fully saturated rings. The first-order valence-corrected chi connectivity index (χ1v) is 5.97. The van der Waals surface area contributed by atoms with E-state index in [4.69, 9.17) is 0 Å². The van der Waals surface area contributed by atoms with Crippen LogP contribution in [-0.4, -0.2) is 14.8 Å². The predicted octanol–water partition coefficient (Wildman–Crippen LogP) is 3.13. The van der Waals surface area contributed by atoms with E-state index in [1.807, 2.05) is 11.4 Å². The van der Waals surface area contributed by atoms with Gasteiger partial charge in [-0.05, 0) is 18.2 Å². The fourth-order valence-electron chi connectivity index (χ4n) is 1.62. The maximum atomic E-state index is 13.9. The van der Waals surface area contributed by atoms with Gasteiger partial charge in [0.2, 0.25) is 0 Å². The Morgan fingerprint density at radius 1 is 1.29 bits per heavy atom. The van der Waals surface area contributed by atoms with Gasteiger partial charge in [0.15, 0.2) is 0 Å². The third kappa shape index (κ3) is 1.85. The van der Waals surface area contributed by atoms with Gasteiger partial charge in [0.1, 0.15) is 11.5 Å². The Kier molecular flexibility index (Phi) is 2.45. The van der Waals surface area contributed by atoms with Crippen LogP contribution in [0.25, 0.3) is 16.9 Å². The summed E-state index contributed by atoms with van der Waals surface area (Å²) in [6.45, 7) is 0. The number of aromatic nitrogens is 3. The van der Waals surface area contributed by atoms with Crippen molar-refractivity contribution in [1.29, 1.82) is 0 Å². The summed E-state index contributed by atoms with van der Waals surface area (Å²) < 4.78 is 15.4. The first-order valence-electron chi connectivity index (χ1n) is 5.03. The molecule has 1 aromatic carbocycles. The Bertz CT molecular complexity index is 617. The lowest BCUT2D eigenvalue weighted by Crippen LogP contribution is -1.98. The summed E-state index contributed by atoms with van der Waals surface area (Å²) in [6, 6.07) is 6.78. The minimum Gasteiger partial charge on any atom is -0.245 e. The Labute approximate surface area is 101 Å². The largest absolute Gasteiger partial charge is 0.245 e. The molecule has 0 atom stereocenters. The summed E-state index contributed by atoms with van der Waals surface area (Å²) >= 11 is 1.49. The molecule has 0 amide bonds. The summed E-state index contributed by atoms with van der Waals surface area (Å²) in [4.78, 5) is 4.15. The summed E-state index contributed by atoms with van der Waals surface area (Å²) in [5.74, 6) is -0.306. The zero-order chi connectivity index (χ0) is 11.7. The van der Waals surface area contributed by atoms with Gasteiger partial charge in [-0.3, -0.25) is 0 Å². The van der Waals surface area contributed by atoms with E-state index in [0.717, 1.165) is 11.3 Å². The lowest BCUT2D eigenvalue weighted by Gasteiger charge is -2.04. The molecule has 0 bridgehead atoms. The van der Waals surface area contributed by atoms with Crippen LogP contribution in [0.1, 0.15) is 0 Å². The number of hydrogen-bond donors (Lipinski definition) is 0. The second kappa shape index (κ2) is 4.10. The maximum Gasteiger partial charge on any atom is 0.149 e. The number of hydrogen-bond acceptors (Lipinski definition) is 3. The van der Waals surface area contributed by atoms with Crippen molar-refractivity contribution in [2.75, 3.05) is 0 Å². The Morgan fingerprint density at radius 3 is 2.88 bits per heavy atom. The predicted molar refractivity (Wildman–Crippen MR) is 64.6 cm³/mol. The highest BCUT2D eigenvalue weighted by Gasteiger charge is 2.07. The molecule has 0 saturated carbocycles. The van der Waals surface area contributed by atoms with Crippen LogP contribution in [0.5, 0.6) is 0 Å². The number of nitrogens with zero attached hydrogens (tertiary/aromatic N) is 3. The second-order valence-electron chi connectivity index (χ2n) is 3.49. The molecular weight excluding hydrogens is 237 g/mol. The molecule has 0 N–H and O–H groups in total. The highest BCUT2D eigenvalue weighted by molar-refractivity contribution is 7.07. The molecule has 3 rings (SSSR count). The summed E-state index contributed by atoms with van der Waals surface area (Å²) in [7, 11) is 0. The van der Waals surface area contributed by atoms with Crippen LogP contribution in [0, 0.1) is 5.82 Å². The highest BCUT2D eigenvalue weighted by Crippen LogP contribution is 2.23. The first-order chi connectivity index (χ1) is 8.34. The zero-order valence-corrected chi connectivity index (χ0v) is 9.56. The molecule has 0 radical (unpaired) electrons. The molecule has 0 unspecified atom stereocenters. The average molecular weight is 245 g/mol. The van der Waals surface area contributed by atoms with E-state index >= 15 is 0 Å². The molecule has 0 aliphatic rings. The number of rotatable bonds is 2. The minimum atomic E-state index is -0.306. The van der Waals surface area contributed by atoms with E-state index in [1.165, 1.54) is 22.1 Å². The standard InChI is InChI=1S/C12H8FN3S/c13-10-6-9(11-7-17-8-14-11)2-3-12(10)16-5-1-4-15-16/h1-8H. The van der Waals surface area contributed by atoms with Crippen molar-refractivity contribution in [2.45, 2.75) is 0 Å². The van der Waals surface area contributed by atoms with Crippen molar-refractivity contribution in [1.82, 2.24) is 14.8 Å². The van der Waals surface area contributed by atoms with Gasteiger partial charge in [-0.15, -0.1) is 11.3 Å². The number of benzene rings is 1. The van der Waals surface area contributed by atoms with E-state index in [0.29, 0.717) is 5.69 Å². The van der Waals surface area contributed by atoms with Crippen molar-refractivity contribution in [2.24, 2.45) is 0 Å². The molecular formula is C12H8FN3S. The van der Waals surface area contributed by atoms with Crippen molar-refractivity contribution >= 4 is 11.3 Å². The third-order valence-corrected chi connectivity index (χ3v) is 3.01. The molecule has 0 saturated heterocycles. The smallest absolute Gasteiger partial charge is 0.149 e. The summed E-state index contributed by atoms with van der Waals surface area (Å²) in [6.07, 6.45) is 3.33. The van der Waals surface area contributed by atoms with E-state index in [9.17, 15) is 4.39 Å². The van der Waals surface area contributed by atoms with Crippen molar-refractivity contribution in [3.8, 4) is 16.9 Å².